The quantitative estimate of drug-likeness (QED) is 0.491. The SMILES string of the molecule is COc1ccc(C(=O)Nc2ccc(Cc3nc4cc(C)ccc4o3)cc2)cc1OC. The number of carbonyl (C=O) groups is 1. The lowest BCUT2D eigenvalue weighted by Crippen LogP contribution is -2.12. The molecular formula is C24H22N2O4. The van der Waals surface area contributed by atoms with E-state index >= 15 is 0 Å². The molecule has 0 fully saturated rings. The van der Waals surface area contributed by atoms with Crippen LogP contribution in [-0.2, 0) is 6.42 Å². The molecule has 1 aromatic heterocycles. The number of fused-ring (bicyclic) bond motifs is 1. The summed E-state index contributed by atoms with van der Waals surface area (Å²) >= 11 is 0. The van der Waals surface area contributed by atoms with Gasteiger partial charge in [0.05, 0.1) is 14.2 Å². The highest BCUT2D eigenvalue weighted by molar-refractivity contribution is 6.04. The molecule has 0 atom stereocenters. The number of methoxy groups -OCH3 is 2. The van der Waals surface area contributed by atoms with E-state index in [2.05, 4.69) is 10.3 Å². The van der Waals surface area contributed by atoms with Gasteiger partial charge in [-0.15, -0.1) is 0 Å². The second-order valence-corrected chi connectivity index (χ2v) is 6.98. The summed E-state index contributed by atoms with van der Waals surface area (Å²) in [5, 5.41) is 2.89. The number of anilines is 1. The first-order valence-corrected chi connectivity index (χ1v) is 9.54. The highest BCUT2D eigenvalue weighted by atomic mass is 16.5. The normalized spacial score (nSPS) is 10.8. The van der Waals surface area contributed by atoms with E-state index in [0.29, 0.717) is 35.1 Å². The Labute approximate surface area is 174 Å². The monoisotopic (exact) mass is 402 g/mol. The van der Waals surface area contributed by atoms with Gasteiger partial charge in [0, 0.05) is 17.7 Å². The molecule has 30 heavy (non-hydrogen) atoms. The van der Waals surface area contributed by atoms with Crippen LogP contribution in [-0.4, -0.2) is 25.1 Å². The molecular weight excluding hydrogens is 380 g/mol. The summed E-state index contributed by atoms with van der Waals surface area (Å²) in [6, 6.07) is 18.6. The fraction of sp³-hybridized carbons (Fsp3) is 0.167. The van der Waals surface area contributed by atoms with E-state index in [1.165, 1.54) is 7.11 Å². The molecule has 6 heteroatoms. The van der Waals surface area contributed by atoms with Crippen molar-refractivity contribution in [3.8, 4) is 11.5 Å². The first-order chi connectivity index (χ1) is 14.6. The lowest BCUT2D eigenvalue weighted by Gasteiger charge is -2.10. The third-order valence-corrected chi connectivity index (χ3v) is 4.80. The standard InChI is InChI=1S/C24H22N2O4/c1-15-4-10-20-19(12-15)26-23(30-20)13-16-5-8-18(9-6-16)25-24(27)17-7-11-21(28-2)22(14-17)29-3/h4-12,14H,13H2,1-3H3,(H,25,27). The Balaban J connectivity index is 1.44. The van der Waals surface area contributed by atoms with Crippen molar-refractivity contribution in [2.45, 2.75) is 13.3 Å². The minimum absolute atomic E-state index is 0.224. The number of aromatic nitrogens is 1. The summed E-state index contributed by atoms with van der Waals surface area (Å²) in [6.07, 6.45) is 0.581. The molecule has 4 aromatic rings. The molecule has 0 radical (unpaired) electrons. The fourth-order valence-electron chi connectivity index (χ4n) is 3.22. The zero-order valence-electron chi connectivity index (χ0n) is 17.1. The van der Waals surface area contributed by atoms with E-state index in [0.717, 1.165) is 22.2 Å². The molecule has 4 rings (SSSR count). The Kier molecular flexibility index (Phi) is 5.39. The maximum absolute atomic E-state index is 12.6. The number of hydrogen-bond acceptors (Lipinski definition) is 5. The third kappa shape index (κ3) is 4.12. The van der Waals surface area contributed by atoms with Crippen LogP contribution >= 0.6 is 0 Å². The maximum Gasteiger partial charge on any atom is 0.255 e. The zero-order valence-corrected chi connectivity index (χ0v) is 17.1. The van der Waals surface area contributed by atoms with Crippen molar-refractivity contribution in [3.05, 3.63) is 83.2 Å². The van der Waals surface area contributed by atoms with Crippen LogP contribution in [0.2, 0.25) is 0 Å². The van der Waals surface area contributed by atoms with Crippen molar-refractivity contribution in [3.63, 3.8) is 0 Å². The second kappa shape index (κ2) is 8.29. The molecule has 1 amide bonds. The first-order valence-electron chi connectivity index (χ1n) is 9.54. The van der Waals surface area contributed by atoms with Crippen LogP contribution in [0.1, 0.15) is 27.4 Å². The van der Waals surface area contributed by atoms with Crippen molar-refractivity contribution in [2.75, 3.05) is 19.5 Å². The number of nitrogens with zero attached hydrogens (tertiary/aromatic N) is 1. The predicted molar refractivity (Wildman–Crippen MR) is 115 cm³/mol. The van der Waals surface area contributed by atoms with Gasteiger partial charge in [-0.3, -0.25) is 4.79 Å². The smallest absolute Gasteiger partial charge is 0.255 e. The average Bonchev–Trinajstić information content (AvgIpc) is 3.15. The molecule has 0 aliphatic heterocycles. The molecule has 1 N–H and O–H groups in total. The number of rotatable bonds is 6. The Bertz CT molecular complexity index is 1200. The van der Waals surface area contributed by atoms with E-state index in [1.54, 1.807) is 25.3 Å². The van der Waals surface area contributed by atoms with Crippen molar-refractivity contribution < 1.29 is 18.7 Å². The molecule has 152 valence electrons. The predicted octanol–water partition coefficient (Wildman–Crippen LogP) is 5.00. The number of benzene rings is 3. The van der Waals surface area contributed by atoms with Crippen LogP contribution in [0, 0.1) is 6.92 Å². The maximum atomic E-state index is 12.6. The van der Waals surface area contributed by atoms with E-state index in [-0.39, 0.29) is 5.91 Å². The van der Waals surface area contributed by atoms with E-state index in [4.69, 9.17) is 13.9 Å². The molecule has 0 saturated heterocycles. The third-order valence-electron chi connectivity index (χ3n) is 4.80. The van der Waals surface area contributed by atoms with Crippen LogP contribution in [0.15, 0.2) is 65.1 Å². The lowest BCUT2D eigenvalue weighted by molar-refractivity contribution is 0.102. The fourth-order valence-corrected chi connectivity index (χ4v) is 3.22. The molecule has 1 heterocycles. The Morgan fingerprint density at radius 2 is 1.73 bits per heavy atom. The van der Waals surface area contributed by atoms with Gasteiger partial charge in [-0.2, -0.15) is 0 Å². The van der Waals surface area contributed by atoms with E-state index < -0.39 is 0 Å². The lowest BCUT2D eigenvalue weighted by atomic mass is 10.1. The zero-order chi connectivity index (χ0) is 21.1. The van der Waals surface area contributed by atoms with Gasteiger partial charge < -0.3 is 19.2 Å². The van der Waals surface area contributed by atoms with Gasteiger partial charge in [0.1, 0.15) is 5.52 Å². The summed E-state index contributed by atoms with van der Waals surface area (Å²) in [7, 11) is 3.09. The van der Waals surface area contributed by atoms with Crippen LogP contribution in [0.5, 0.6) is 11.5 Å². The summed E-state index contributed by atoms with van der Waals surface area (Å²) in [5.41, 5.74) is 5.03. The van der Waals surface area contributed by atoms with Gasteiger partial charge in [0.2, 0.25) is 0 Å². The number of aryl methyl sites for hydroxylation is 1. The highest BCUT2D eigenvalue weighted by Gasteiger charge is 2.12. The highest BCUT2D eigenvalue weighted by Crippen LogP contribution is 2.28. The first kappa shape index (κ1) is 19.5. The van der Waals surface area contributed by atoms with Gasteiger partial charge in [0.25, 0.3) is 5.91 Å². The molecule has 0 unspecified atom stereocenters. The van der Waals surface area contributed by atoms with Gasteiger partial charge in [-0.1, -0.05) is 18.2 Å². The molecule has 0 aliphatic rings. The molecule has 0 spiro atoms. The van der Waals surface area contributed by atoms with Gasteiger partial charge >= 0.3 is 0 Å². The number of oxazole rings is 1. The van der Waals surface area contributed by atoms with Gasteiger partial charge in [-0.25, -0.2) is 4.98 Å². The van der Waals surface area contributed by atoms with Crippen molar-refractivity contribution in [2.24, 2.45) is 0 Å². The Morgan fingerprint density at radius 1 is 0.967 bits per heavy atom. The average molecular weight is 402 g/mol. The molecule has 0 bridgehead atoms. The van der Waals surface area contributed by atoms with Crippen molar-refractivity contribution in [1.29, 1.82) is 0 Å². The summed E-state index contributed by atoms with van der Waals surface area (Å²) < 4.78 is 16.3. The Morgan fingerprint density at radius 3 is 2.47 bits per heavy atom. The van der Waals surface area contributed by atoms with Crippen molar-refractivity contribution >= 4 is 22.7 Å². The van der Waals surface area contributed by atoms with Crippen molar-refractivity contribution in [1.82, 2.24) is 4.98 Å². The van der Waals surface area contributed by atoms with Crippen LogP contribution in [0.25, 0.3) is 11.1 Å². The number of ether oxygens (including phenoxy) is 2. The largest absolute Gasteiger partial charge is 0.493 e. The van der Waals surface area contributed by atoms with Crippen LogP contribution in [0.3, 0.4) is 0 Å². The number of carbonyl (C=O) groups excluding carboxylic acids is 1. The number of hydrogen-bond donors (Lipinski definition) is 1. The minimum atomic E-state index is -0.224. The van der Waals surface area contributed by atoms with Gasteiger partial charge in [0.15, 0.2) is 23.0 Å². The summed E-state index contributed by atoms with van der Waals surface area (Å²) in [5.74, 6) is 1.53. The van der Waals surface area contributed by atoms with Gasteiger partial charge in [-0.05, 0) is 60.5 Å². The number of amides is 1. The number of nitrogens with one attached hydrogen (secondary N) is 1. The molecule has 3 aromatic carbocycles. The van der Waals surface area contributed by atoms with Crippen LogP contribution in [0.4, 0.5) is 5.69 Å². The Hall–Kier alpha value is -3.80. The van der Waals surface area contributed by atoms with E-state index in [9.17, 15) is 4.79 Å². The minimum Gasteiger partial charge on any atom is -0.493 e. The molecule has 6 nitrogen and oxygen atoms in total. The van der Waals surface area contributed by atoms with E-state index in [1.807, 2.05) is 49.4 Å². The summed E-state index contributed by atoms with van der Waals surface area (Å²) in [4.78, 5) is 17.1. The summed E-state index contributed by atoms with van der Waals surface area (Å²) in [6.45, 7) is 2.03. The second-order valence-electron chi connectivity index (χ2n) is 6.98. The topological polar surface area (TPSA) is 73.6 Å². The molecule has 0 aliphatic carbocycles. The molecule has 0 saturated carbocycles. The van der Waals surface area contributed by atoms with Crippen LogP contribution < -0.4 is 14.8 Å².